The van der Waals surface area contributed by atoms with Crippen LogP contribution in [0.5, 0.6) is 0 Å². The van der Waals surface area contributed by atoms with Gasteiger partial charge in [-0.25, -0.2) is 9.98 Å². The number of rotatable bonds is 6. The first-order valence-corrected chi connectivity index (χ1v) is 9.75. The maximum absolute atomic E-state index is 4.73. The zero-order valence-corrected chi connectivity index (χ0v) is 18.1. The minimum atomic E-state index is 0. The molecule has 0 aromatic carbocycles. The van der Waals surface area contributed by atoms with Crippen molar-refractivity contribution in [3.05, 3.63) is 16.1 Å². The zero-order chi connectivity index (χ0) is 16.2. The van der Waals surface area contributed by atoms with Crippen molar-refractivity contribution in [3.8, 4) is 0 Å². The van der Waals surface area contributed by atoms with Crippen LogP contribution in [0, 0.1) is 0 Å². The molecule has 0 spiro atoms. The lowest BCUT2D eigenvalue weighted by Crippen LogP contribution is -2.44. The molecule has 2 unspecified atom stereocenters. The summed E-state index contributed by atoms with van der Waals surface area (Å²) >= 11 is 1.77. The minimum Gasteiger partial charge on any atom is -0.357 e. The number of aromatic nitrogens is 1. The number of hydrogen-bond donors (Lipinski definition) is 2. The number of thiazole rings is 1. The van der Waals surface area contributed by atoms with Gasteiger partial charge in [-0.1, -0.05) is 6.92 Å². The Morgan fingerprint density at radius 1 is 1.42 bits per heavy atom. The molecule has 1 aromatic rings. The van der Waals surface area contributed by atoms with Gasteiger partial charge in [0.1, 0.15) is 5.01 Å². The second kappa shape index (κ2) is 9.33. The summed E-state index contributed by atoms with van der Waals surface area (Å²) in [5.74, 6) is 0.926. The summed E-state index contributed by atoms with van der Waals surface area (Å²) in [4.78, 5) is 13.2. The molecule has 0 amide bonds. The number of aryl methyl sites for hydroxylation is 1. The Balaban J connectivity index is 0.00000208. The van der Waals surface area contributed by atoms with Gasteiger partial charge in [-0.15, -0.1) is 35.3 Å². The number of hydrogen-bond acceptors (Lipinski definition) is 4. The predicted octanol–water partition coefficient (Wildman–Crippen LogP) is 3.00. The first kappa shape index (κ1) is 19.9. The summed E-state index contributed by atoms with van der Waals surface area (Å²) in [6, 6.07) is 2.04. The van der Waals surface area contributed by atoms with E-state index < -0.39 is 0 Å². The van der Waals surface area contributed by atoms with Crippen molar-refractivity contribution in [3.63, 3.8) is 0 Å². The highest BCUT2D eigenvalue weighted by atomic mass is 127. The van der Waals surface area contributed by atoms with Crippen molar-refractivity contribution < 1.29 is 0 Å². The number of guanidine groups is 1. The number of nitrogens with one attached hydrogen (secondary N) is 2. The van der Waals surface area contributed by atoms with Crippen molar-refractivity contribution >= 4 is 41.3 Å². The lowest BCUT2D eigenvalue weighted by molar-refractivity contribution is 0.256. The van der Waals surface area contributed by atoms with Crippen LogP contribution in [-0.4, -0.2) is 47.1 Å². The lowest BCUT2D eigenvalue weighted by Gasteiger charge is -2.20. The Morgan fingerprint density at radius 2 is 2.21 bits per heavy atom. The number of nitrogens with zero attached hydrogens (tertiary/aromatic N) is 3. The maximum atomic E-state index is 4.73. The molecule has 2 heterocycles. The molecule has 136 valence electrons. The van der Waals surface area contributed by atoms with Crippen LogP contribution in [0.1, 0.15) is 49.9 Å². The van der Waals surface area contributed by atoms with Gasteiger partial charge in [0.2, 0.25) is 0 Å². The quantitative estimate of drug-likeness (QED) is 0.387. The van der Waals surface area contributed by atoms with Crippen LogP contribution >= 0.6 is 35.3 Å². The second-order valence-electron chi connectivity index (χ2n) is 6.62. The summed E-state index contributed by atoms with van der Waals surface area (Å²) in [7, 11) is 0. The fourth-order valence-corrected chi connectivity index (χ4v) is 4.11. The normalized spacial score (nSPS) is 24.7. The summed E-state index contributed by atoms with van der Waals surface area (Å²) < 4.78 is 0. The van der Waals surface area contributed by atoms with Gasteiger partial charge >= 0.3 is 0 Å². The molecule has 1 aliphatic carbocycles. The van der Waals surface area contributed by atoms with E-state index >= 15 is 0 Å². The first-order valence-electron chi connectivity index (χ1n) is 8.93. The van der Waals surface area contributed by atoms with Gasteiger partial charge in [-0.2, -0.15) is 0 Å². The Morgan fingerprint density at radius 3 is 2.83 bits per heavy atom. The van der Waals surface area contributed by atoms with Gasteiger partial charge in [0.25, 0.3) is 0 Å². The largest absolute Gasteiger partial charge is 0.357 e. The average Bonchev–Trinajstić information content (AvgIpc) is 3.16. The summed E-state index contributed by atoms with van der Waals surface area (Å²) in [5.41, 5.74) is 0. The van der Waals surface area contributed by atoms with E-state index in [1.165, 1.54) is 24.1 Å². The minimum absolute atomic E-state index is 0. The molecule has 2 fully saturated rings. The third-order valence-electron chi connectivity index (χ3n) is 4.65. The van der Waals surface area contributed by atoms with E-state index in [2.05, 4.69) is 41.3 Å². The van der Waals surface area contributed by atoms with Crippen LogP contribution in [-0.2, 0) is 13.0 Å². The van der Waals surface area contributed by atoms with Crippen LogP contribution in [0.4, 0.5) is 0 Å². The number of likely N-dealkylation sites (tertiary alicyclic amines) is 1. The van der Waals surface area contributed by atoms with Gasteiger partial charge in [0, 0.05) is 42.3 Å². The molecule has 2 atom stereocenters. The standard InChI is InChI=1S/C17H29N5S.HI/c1-4-15-9-19-16(23-15)10-20-17(18-5-2)21-13-8-12(3)22(11-13)14-6-7-14;/h9,12-14H,4-8,10-11H2,1-3H3,(H2,18,20,21);1H. The van der Waals surface area contributed by atoms with E-state index in [1.54, 1.807) is 11.3 Å². The fraction of sp³-hybridized carbons (Fsp3) is 0.765. The Hall–Kier alpha value is -0.410. The SMILES string of the molecule is CCNC(=NCc1ncc(CC)s1)NC1CC(C)N(C2CC2)C1.I. The molecular formula is C17H30IN5S. The Kier molecular flexibility index (Phi) is 7.74. The molecule has 0 bridgehead atoms. The highest BCUT2D eigenvalue weighted by Gasteiger charge is 2.38. The van der Waals surface area contributed by atoms with E-state index in [-0.39, 0.29) is 24.0 Å². The third-order valence-corrected chi connectivity index (χ3v) is 5.77. The highest BCUT2D eigenvalue weighted by Crippen LogP contribution is 2.33. The molecule has 7 heteroatoms. The first-order chi connectivity index (χ1) is 11.2. The Bertz CT molecular complexity index is 543. The predicted molar refractivity (Wildman–Crippen MR) is 112 cm³/mol. The summed E-state index contributed by atoms with van der Waals surface area (Å²) in [5, 5.41) is 8.09. The van der Waals surface area contributed by atoms with E-state index in [9.17, 15) is 0 Å². The summed E-state index contributed by atoms with van der Waals surface area (Å²) in [6.07, 6.45) is 7.00. The van der Waals surface area contributed by atoms with E-state index in [4.69, 9.17) is 4.99 Å². The molecule has 2 aliphatic rings. The monoisotopic (exact) mass is 463 g/mol. The topological polar surface area (TPSA) is 52.6 Å². The third kappa shape index (κ3) is 5.29. The Labute approximate surface area is 166 Å². The van der Waals surface area contributed by atoms with Gasteiger partial charge < -0.3 is 10.6 Å². The van der Waals surface area contributed by atoms with Crippen molar-refractivity contribution in [1.29, 1.82) is 0 Å². The van der Waals surface area contributed by atoms with Crippen molar-refractivity contribution in [2.75, 3.05) is 13.1 Å². The van der Waals surface area contributed by atoms with Gasteiger partial charge in [0.05, 0.1) is 6.54 Å². The van der Waals surface area contributed by atoms with Crippen molar-refractivity contribution in [2.24, 2.45) is 4.99 Å². The molecular weight excluding hydrogens is 433 g/mol. The highest BCUT2D eigenvalue weighted by molar-refractivity contribution is 14.0. The molecule has 1 saturated heterocycles. The fourth-order valence-electron chi connectivity index (χ4n) is 3.32. The molecule has 3 rings (SSSR count). The lowest BCUT2D eigenvalue weighted by atomic mass is 10.2. The van der Waals surface area contributed by atoms with E-state index in [0.717, 1.165) is 36.5 Å². The van der Waals surface area contributed by atoms with E-state index in [0.29, 0.717) is 18.6 Å². The second-order valence-corrected chi connectivity index (χ2v) is 7.82. The van der Waals surface area contributed by atoms with Crippen LogP contribution in [0.3, 0.4) is 0 Å². The molecule has 0 radical (unpaired) electrons. The molecule has 1 saturated carbocycles. The van der Waals surface area contributed by atoms with Crippen LogP contribution < -0.4 is 10.6 Å². The van der Waals surface area contributed by atoms with Crippen LogP contribution in [0.15, 0.2) is 11.2 Å². The summed E-state index contributed by atoms with van der Waals surface area (Å²) in [6.45, 7) is 9.33. The molecule has 2 N–H and O–H groups in total. The van der Waals surface area contributed by atoms with Crippen molar-refractivity contribution in [2.45, 2.75) is 71.1 Å². The van der Waals surface area contributed by atoms with Crippen LogP contribution in [0.2, 0.25) is 0 Å². The van der Waals surface area contributed by atoms with Gasteiger partial charge in [-0.3, -0.25) is 4.90 Å². The van der Waals surface area contributed by atoms with E-state index in [1.807, 2.05) is 6.20 Å². The van der Waals surface area contributed by atoms with Crippen LogP contribution in [0.25, 0.3) is 0 Å². The number of aliphatic imine (C=N–C) groups is 1. The van der Waals surface area contributed by atoms with Gasteiger partial charge in [0.15, 0.2) is 5.96 Å². The van der Waals surface area contributed by atoms with Gasteiger partial charge in [-0.05, 0) is 39.5 Å². The number of halogens is 1. The molecule has 5 nitrogen and oxygen atoms in total. The average molecular weight is 463 g/mol. The molecule has 24 heavy (non-hydrogen) atoms. The molecule has 1 aliphatic heterocycles. The van der Waals surface area contributed by atoms with Crippen molar-refractivity contribution in [1.82, 2.24) is 20.5 Å². The zero-order valence-electron chi connectivity index (χ0n) is 14.9. The molecule has 1 aromatic heterocycles. The maximum Gasteiger partial charge on any atom is 0.191 e. The smallest absolute Gasteiger partial charge is 0.191 e.